The quantitative estimate of drug-likeness (QED) is 0.847. The first-order valence-corrected chi connectivity index (χ1v) is 8.44. The van der Waals surface area contributed by atoms with Gasteiger partial charge in [-0.3, -0.25) is 0 Å². The highest BCUT2D eigenvalue weighted by atomic mass is 79.9. The molecule has 0 aliphatic heterocycles. The van der Waals surface area contributed by atoms with Gasteiger partial charge in [0.05, 0.1) is 0 Å². The van der Waals surface area contributed by atoms with E-state index in [4.69, 9.17) is 4.98 Å². The van der Waals surface area contributed by atoms with Crippen LogP contribution in [0.3, 0.4) is 0 Å². The third kappa shape index (κ3) is 3.43. The monoisotopic (exact) mass is 345 g/mol. The Morgan fingerprint density at radius 3 is 2.52 bits per heavy atom. The molecule has 0 bridgehead atoms. The van der Waals surface area contributed by atoms with E-state index in [0.29, 0.717) is 5.92 Å². The number of halogens is 1. The van der Waals surface area contributed by atoms with Crippen molar-refractivity contribution < 1.29 is 0 Å². The van der Waals surface area contributed by atoms with E-state index in [0.717, 1.165) is 28.2 Å². The Bertz CT molecular complexity index is 604. The molecule has 1 aromatic heterocycles. The molecule has 2 aromatic rings. The predicted octanol–water partition coefficient (Wildman–Crippen LogP) is 5.00. The first-order valence-electron chi connectivity index (χ1n) is 7.65. The molecule has 0 unspecified atom stereocenters. The molecule has 3 nitrogen and oxygen atoms in total. The molecule has 1 saturated carbocycles. The number of hydrogen-bond donors (Lipinski definition) is 1. The summed E-state index contributed by atoms with van der Waals surface area (Å²) in [4.78, 5) is 9.49. The van der Waals surface area contributed by atoms with Crippen molar-refractivity contribution in [2.75, 3.05) is 11.9 Å². The second-order valence-electron chi connectivity index (χ2n) is 5.52. The Balaban J connectivity index is 1.99. The second kappa shape index (κ2) is 6.56. The molecule has 21 heavy (non-hydrogen) atoms. The number of hydrogen-bond acceptors (Lipinski definition) is 3. The highest BCUT2D eigenvalue weighted by molar-refractivity contribution is 9.10. The summed E-state index contributed by atoms with van der Waals surface area (Å²) in [5.74, 6) is 2.36. The number of rotatable bonds is 4. The fraction of sp³-hybridized carbons (Fsp3) is 0.412. The average Bonchev–Trinajstić information content (AvgIpc) is 3.02. The van der Waals surface area contributed by atoms with Gasteiger partial charge in [-0.2, -0.15) is 0 Å². The van der Waals surface area contributed by atoms with E-state index in [9.17, 15) is 0 Å². The first kappa shape index (κ1) is 14.5. The molecule has 110 valence electrons. The largest absolute Gasteiger partial charge is 0.370 e. The molecule has 0 saturated heterocycles. The molecule has 1 aliphatic rings. The minimum absolute atomic E-state index is 0.597. The summed E-state index contributed by atoms with van der Waals surface area (Å²) in [6, 6.07) is 10.3. The molecule has 0 spiro atoms. The van der Waals surface area contributed by atoms with E-state index in [2.05, 4.69) is 51.4 Å². The summed E-state index contributed by atoms with van der Waals surface area (Å²) >= 11 is 3.47. The Morgan fingerprint density at radius 1 is 1.14 bits per heavy atom. The van der Waals surface area contributed by atoms with Crippen LogP contribution in [0.1, 0.15) is 44.2 Å². The van der Waals surface area contributed by atoms with Gasteiger partial charge in [0, 0.05) is 34.3 Å². The standard InChI is InChI=1S/C17H20BrN3/c1-2-19-16-11-15(12-5-3-4-6-12)20-17(21-16)13-7-9-14(18)10-8-13/h7-12H,2-6H2,1H3,(H,19,20,21). The molecule has 0 amide bonds. The van der Waals surface area contributed by atoms with E-state index in [1.54, 1.807) is 0 Å². The van der Waals surface area contributed by atoms with Crippen LogP contribution in [-0.2, 0) is 0 Å². The molecule has 4 heteroatoms. The molecule has 1 aliphatic carbocycles. The van der Waals surface area contributed by atoms with Crippen molar-refractivity contribution in [3.05, 3.63) is 40.5 Å². The molecule has 1 N–H and O–H groups in total. The number of anilines is 1. The maximum atomic E-state index is 4.83. The SMILES string of the molecule is CCNc1cc(C2CCCC2)nc(-c2ccc(Br)cc2)n1. The third-order valence-electron chi connectivity index (χ3n) is 3.98. The van der Waals surface area contributed by atoms with Crippen LogP contribution in [-0.4, -0.2) is 16.5 Å². The summed E-state index contributed by atoms with van der Waals surface area (Å²) in [7, 11) is 0. The lowest BCUT2D eigenvalue weighted by atomic mass is 10.0. The smallest absolute Gasteiger partial charge is 0.161 e. The number of benzene rings is 1. The fourth-order valence-electron chi connectivity index (χ4n) is 2.90. The van der Waals surface area contributed by atoms with E-state index in [1.807, 2.05) is 12.1 Å². The number of nitrogens with zero attached hydrogens (tertiary/aromatic N) is 2. The first-order chi connectivity index (χ1) is 10.3. The van der Waals surface area contributed by atoms with Crippen molar-refractivity contribution in [3.8, 4) is 11.4 Å². The Hall–Kier alpha value is -1.42. The third-order valence-corrected chi connectivity index (χ3v) is 4.51. The van der Waals surface area contributed by atoms with Gasteiger partial charge >= 0.3 is 0 Å². The maximum absolute atomic E-state index is 4.83. The van der Waals surface area contributed by atoms with Crippen molar-refractivity contribution in [3.63, 3.8) is 0 Å². The molecular formula is C17H20BrN3. The average molecular weight is 346 g/mol. The highest BCUT2D eigenvalue weighted by Crippen LogP contribution is 2.34. The Labute approximate surface area is 134 Å². The van der Waals surface area contributed by atoms with Gasteiger partial charge < -0.3 is 5.32 Å². The minimum Gasteiger partial charge on any atom is -0.370 e. The van der Waals surface area contributed by atoms with Gasteiger partial charge in [0.25, 0.3) is 0 Å². The summed E-state index contributed by atoms with van der Waals surface area (Å²) < 4.78 is 1.07. The topological polar surface area (TPSA) is 37.8 Å². The maximum Gasteiger partial charge on any atom is 0.161 e. The van der Waals surface area contributed by atoms with Gasteiger partial charge in [0.1, 0.15) is 5.82 Å². The predicted molar refractivity (Wildman–Crippen MR) is 90.5 cm³/mol. The molecule has 1 aromatic carbocycles. The van der Waals surface area contributed by atoms with E-state index in [1.165, 1.54) is 31.4 Å². The van der Waals surface area contributed by atoms with Gasteiger partial charge in [-0.05, 0) is 31.9 Å². The van der Waals surface area contributed by atoms with Crippen LogP contribution >= 0.6 is 15.9 Å². The molecule has 1 fully saturated rings. The lowest BCUT2D eigenvalue weighted by Crippen LogP contribution is -2.06. The van der Waals surface area contributed by atoms with E-state index >= 15 is 0 Å². The van der Waals surface area contributed by atoms with Crippen molar-refractivity contribution >= 4 is 21.7 Å². The normalized spacial score (nSPS) is 15.3. The van der Waals surface area contributed by atoms with Crippen molar-refractivity contribution in [1.29, 1.82) is 0 Å². The van der Waals surface area contributed by atoms with Crippen LogP contribution in [0.25, 0.3) is 11.4 Å². The molecule has 3 rings (SSSR count). The van der Waals surface area contributed by atoms with Gasteiger partial charge in [-0.1, -0.05) is 40.9 Å². The lowest BCUT2D eigenvalue weighted by Gasteiger charge is -2.13. The molecule has 0 atom stereocenters. The minimum atomic E-state index is 0.597. The van der Waals surface area contributed by atoms with Gasteiger partial charge in [-0.15, -0.1) is 0 Å². The van der Waals surface area contributed by atoms with Crippen LogP contribution in [0.15, 0.2) is 34.8 Å². The zero-order valence-corrected chi connectivity index (χ0v) is 13.9. The number of aromatic nitrogens is 2. The van der Waals surface area contributed by atoms with E-state index < -0.39 is 0 Å². The van der Waals surface area contributed by atoms with Gasteiger partial charge in [0.2, 0.25) is 0 Å². The van der Waals surface area contributed by atoms with Crippen molar-refractivity contribution in [2.24, 2.45) is 0 Å². The zero-order chi connectivity index (χ0) is 14.7. The van der Waals surface area contributed by atoms with Crippen LogP contribution in [0.5, 0.6) is 0 Å². The molecular weight excluding hydrogens is 326 g/mol. The van der Waals surface area contributed by atoms with Crippen molar-refractivity contribution in [2.45, 2.75) is 38.5 Å². The van der Waals surface area contributed by atoms with Crippen LogP contribution in [0.2, 0.25) is 0 Å². The van der Waals surface area contributed by atoms with Crippen LogP contribution in [0.4, 0.5) is 5.82 Å². The summed E-state index contributed by atoms with van der Waals surface area (Å²) in [6.07, 6.45) is 5.14. The van der Waals surface area contributed by atoms with Crippen LogP contribution in [0, 0.1) is 0 Å². The lowest BCUT2D eigenvalue weighted by molar-refractivity contribution is 0.695. The Kier molecular flexibility index (Phi) is 4.54. The summed E-state index contributed by atoms with van der Waals surface area (Å²) in [6.45, 7) is 2.97. The summed E-state index contributed by atoms with van der Waals surface area (Å²) in [5, 5.41) is 3.33. The zero-order valence-electron chi connectivity index (χ0n) is 12.3. The fourth-order valence-corrected chi connectivity index (χ4v) is 3.16. The second-order valence-corrected chi connectivity index (χ2v) is 6.44. The highest BCUT2D eigenvalue weighted by Gasteiger charge is 2.20. The Morgan fingerprint density at radius 2 is 1.86 bits per heavy atom. The van der Waals surface area contributed by atoms with Crippen molar-refractivity contribution in [1.82, 2.24) is 9.97 Å². The van der Waals surface area contributed by atoms with Crippen LogP contribution < -0.4 is 5.32 Å². The van der Waals surface area contributed by atoms with Gasteiger partial charge in [0.15, 0.2) is 5.82 Å². The number of nitrogens with one attached hydrogen (secondary N) is 1. The molecule has 1 heterocycles. The molecule has 0 radical (unpaired) electrons. The van der Waals surface area contributed by atoms with E-state index in [-0.39, 0.29) is 0 Å². The van der Waals surface area contributed by atoms with Gasteiger partial charge in [-0.25, -0.2) is 9.97 Å². The summed E-state index contributed by atoms with van der Waals surface area (Å²) in [5.41, 5.74) is 2.26.